The molecular weight excluding hydrogens is 264 g/mol. The Bertz CT molecular complexity index is 614. The fourth-order valence-electron chi connectivity index (χ4n) is 2.26. The molecule has 1 heterocycles. The third kappa shape index (κ3) is 4.33. The van der Waals surface area contributed by atoms with Gasteiger partial charge in [0.2, 0.25) is 0 Å². The summed E-state index contributed by atoms with van der Waals surface area (Å²) in [7, 11) is 0. The first-order valence-corrected chi connectivity index (χ1v) is 7.45. The Hall–Kier alpha value is -1.81. The Morgan fingerprint density at radius 3 is 2.86 bits per heavy atom. The van der Waals surface area contributed by atoms with Crippen molar-refractivity contribution < 1.29 is 9.90 Å². The minimum atomic E-state index is -0.863. The molecule has 1 aromatic carbocycles. The number of H-pyrrole nitrogens is 1. The molecule has 2 rings (SSSR count). The van der Waals surface area contributed by atoms with Gasteiger partial charge in [-0.05, 0) is 49.9 Å². The van der Waals surface area contributed by atoms with Crippen LogP contribution in [0.4, 0.5) is 0 Å². The van der Waals surface area contributed by atoms with E-state index in [9.17, 15) is 9.90 Å². The molecule has 1 unspecified atom stereocenters. The zero-order chi connectivity index (χ0) is 15.5. The van der Waals surface area contributed by atoms with Gasteiger partial charge in [0.1, 0.15) is 0 Å². The predicted molar refractivity (Wildman–Crippen MR) is 85.3 cm³/mol. The molecule has 0 bridgehead atoms. The highest BCUT2D eigenvalue weighted by Crippen LogP contribution is 2.17. The fraction of sp³-hybridized carbons (Fsp3) is 0.471. The van der Waals surface area contributed by atoms with Crippen LogP contribution in [-0.2, 0) is 0 Å². The summed E-state index contributed by atoms with van der Waals surface area (Å²) >= 11 is 0. The van der Waals surface area contributed by atoms with Crippen molar-refractivity contribution in [2.45, 2.75) is 39.2 Å². The smallest absolute Gasteiger partial charge is 0.251 e. The maximum absolute atomic E-state index is 12.2. The SMILES string of the molecule is CC(C)CCC(C)(O)CNC(=O)c1ccc2[nH]ccc2c1. The first-order valence-electron chi connectivity index (χ1n) is 7.45. The maximum Gasteiger partial charge on any atom is 0.251 e. The zero-order valence-corrected chi connectivity index (χ0v) is 12.9. The van der Waals surface area contributed by atoms with Crippen molar-refractivity contribution in [2.75, 3.05) is 6.54 Å². The quantitative estimate of drug-likeness (QED) is 0.764. The second-order valence-corrected chi connectivity index (χ2v) is 6.39. The Kier molecular flexibility index (Phi) is 4.68. The Morgan fingerprint density at radius 1 is 1.38 bits per heavy atom. The van der Waals surface area contributed by atoms with Gasteiger partial charge in [0.25, 0.3) is 5.91 Å². The van der Waals surface area contributed by atoms with Gasteiger partial charge in [0.05, 0.1) is 5.60 Å². The monoisotopic (exact) mass is 288 g/mol. The summed E-state index contributed by atoms with van der Waals surface area (Å²) in [5.41, 5.74) is 0.759. The van der Waals surface area contributed by atoms with E-state index >= 15 is 0 Å². The van der Waals surface area contributed by atoms with Crippen LogP contribution in [0.15, 0.2) is 30.5 Å². The molecule has 1 aromatic heterocycles. The number of carbonyl (C=O) groups is 1. The number of aromatic amines is 1. The van der Waals surface area contributed by atoms with E-state index < -0.39 is 5.60 Å². The van der Waals surface area contributed by atoms with Gasteiger partial charge in [-0.15, -0.1) is 0 Å². The lowest BCUT2D eigenvalue weighted by atomic mass is 9.95. The largest absolute Gasteiger partial charge is 0.388 e. The van der Waals surface area contributed by atoms with Crippen LogP contribution in [0, 0.1) is 5.92 Å². The average Bonchev–Trinajstić information content (AvgIpc) is 2.90. The molecule has 0 saturated carbocycles. The van der Waals surface area contributed by atoms with E-state index in [0.29, 0.717) is 17.9 Å². The van der Waals surface area contributed by atoms with Crippen molar-refractivity contribution in [1.29, 1.82) is 0 Å². The van der Waals surface area contributed by atoms with Gasteiger partial charge in [0, 0.05) is 29.2 Å². The van der Waals surface area contributed by atoms with Crippen molar-refractivity contribution >= 4 is 16.8 Å². The number of fused-ring (bicyclic) bond motifs is 1. The van der Waals surface area contributed by atoms with Gasteiger partial charge in [-0.3, -0.25) is 4.79 Å². The number of amides is 1. The summed E-state index contributed by atoms with van der Waals surface area (Å²) in [6.45, 7) is 6.29. The number of hydrogen-bond acceptors (Lipinski definition) is 2. The van der Waals surface area contributed by atoms with Crippen molar-refractivity contribution in [3.63, 3.8) is 0 Å². The molecule has 0 spiro atoms. The molecule has 1 atom stereocenters. The third-order valence-electron chi connectivity index (χ3n) is 3.71. The van der Waals surface area contributed by atoms with E-state index in [-0.39, 0.29) is 12.5 Å². The van der Waals surface area contributed by atoms with E-state index in [1.807, 2.05) is 24.4 Å². The Labute approximate surface area is 125 Å². The van der Waals surface area contributed by atoms with E-state index in [1.54, 1.807) is 13.0 Å². The summed E-state index contributed by atoms with van der Waals surface area (Å²) in [6, 6.07) is 7.47. The minimum absolute atomic E-state index is 0.150. The topological polar surface area (TPSA) is 65.1 Å². The normalized spacial score (nSPS) is 14.3. The lowest BCUT2D eigenvalue weighted by Gasteiger charge is -2.24. The van der Waals surface area contributed by atoms with Crippen LogP contribution in [0.2, 0.25) is 0 Å². The molecule has 0 saturated heterocycles. The van der Waals surface area contributed by atoms with Crippen LogP contribution < -0.4 is 5.32 Å². The van der Waals surface area contributed by atoms with Crippen LogP contribution >= 0.6 is 0 Å². The lowest BCUT2D eigenvalue weighted by Crippen LogP contribution is -2.40. The first-order chi connectivity index (χ1) is 9.87. The van der Waals surface area contributed by atoms with Crippen LogP contribution in [0.3, 0.4) is 0 Å². The average molecular weight is 288 g/mol. The highest BCUT2D eigenvalue weighted by Gasteiger charge is 2.21. The van der Waals surface area contributed by atoms with Crippen LogP contribution in [0.1, 0.15) is 44.0 Å². The standard InChI is InChI=1S/C17H24N2O2/c1-12(2)6-8-17(3,21)11-19-16(20)14-4-5-15-13(10-14)7-9-18-15/h4-5,7,9-10,12,18,21H,6,8,11H2,1-3H3,(H,19,20). The highest BCUT2D eigenvalue weighted by molar-refractivity contribution is 5.98. The Balaban J connectivity index is 1.94. The molecule has 0 aliphatic heterocycles. The molecule has 21 heavy (non-hydrogen) atoms. The van der Waals surface area contributed by atoms with E-state index in [0.717, 1.165) is 17.3 Å². The van der Waals surface area contributed by atoms with E-state index in [2.05, 4.69) is 24.1 Å². The molecule has 0 radical (unpaired) electrons. The summed E-state index contributed by atoms with van der Waals surface area (Å²) in [5.74, 6) is 0.395. The maximum atomic E-state index is 12.2. The van der Waals surface area contributed by atoms with E-state index in [4.69, 9.17) is 0 Å². The van der Waals surface area contributed by atoms with Gasteiger partial charge < -0.3 is 15.4 Å². The van der Waals surface area contributed by atoms with Crippen LogP contribution in [0.5, 0.6) is 0 Å². The predicted octanol–water partition coefficient (Wildman–Crippen LogP) is 3.08. The van der Waals surface area contributed by atoms with Crippen molar-refractivity contribution in [3.8, 4) is 0 Å². The fourth-order valence-corrected chi connectivity index (χ4v) is 2.26. The zero-order valence-electron chi connectivity index (χ0n) is 12.9. The Morgan fingerprint density at radius 2 is 2.14 bits per heavy atom. The molecule has 3 N–H and O–H groups in total. The number of aliphatic hydroxyl groups is 1. The van der Waals surface area contributed by atoms with Crippen molar-refractivity contribution in [1.82, 2.24) is 10.3 Å². The van der Waals surface area contributed by atoms with Gasteiger partial charge >= 0.3 is 0 Å². The summed E-state index contributed by atoms with van der Waals surface area (Å²) < 4.78 is 0. The molecule has 4 heteroatoms. The molecule has 0 fully saturated rings. The number of hydrogen-bond donors (Lipinski definition) is 3. The second-order valence-electron chi connectivity index (χ2n) is 6.39. The molecule has 0 aliphatic rings. The molecule has 4 nitrogen and oxygen atoms in total. The molecule has 1 amide bonds. The van der Waals surface area contributed by atoms with Gasteiger partial charge in [-0.1, -0.05) is 13.8 Å². The van der Waals surface area contributed by atoms with Gasteiger partial charge in [-0.2, -0.15) is 0 Å². The second kappa shape index (κ2) is 6.31. The number of aromatic nitrogens is 1. The van der Waals surface area contributed by atoms with Crippen LogP contribution in [-0.4, -0.2) is 28.1 Å². The van der Waals surface area contributed by atoms with E-state index in [1.165, 1.54) is 0 Å². The first kappa shape index (κ1) is 15.6. The molecule has 0 aliphatic carbocycles. The number of rotatable bonds is 6. The van der Waals surface area contributed by atoms with Gasteiger partial charge in [-0.25, -0.2) is 0 Å². The molecule has 2 aromatic rings. The number of carbonyl (C=O) groups excluding carboxylic acids is 1. The number of nitrogens with one attached hydrogen (secondary N) is 2. The molecular formula is C17H24N2O2. The van der Waals surface area contributed by atoms with Crippen molar-refractivity contribution in [2.24, 2.45) is 5.92 Å². The summed E-state index contributed by atoms with van der Waals surface area (Å²) in [6.07, 6.45) is 3.48. The van der Waals surface area contributed by atoms with Crippen LogP contribution in [0.25, 0.3) is 10.9 Å². The summed E-state index contributed by atoms with van der Waals surface area (Å²) in [4.78, 5) is 15.3. The van der Waals surface area contributed by atoms with Crippen molar-refractivity contribution in [3.05, 3.63) is 36.0 Å². The summed E-state index contributed by atoms with van der Waals surface area (Å²) in [5, 5.41) is 14.1. The highest BCUT2D eigenvalue weighted by atomic mass is 16.3. The lowest BCUT2D eigenvalue weighted by molar-refractivity contribution is 0.0429. The van der Waals surface area contributed by atoms with Gasteiger partial charge in [0.15, 0.2) is 0 Å². The number of benzene rings is 1. The minimum Gasteiger partial charge on any atom is -0.388 e. The molecule has 114 valence electrons. The third-order valence-corrected chi connectivity index (χ3v) is 3.71.